The van der Waals surface area contributed by atoms with Crippen LogP contribution in [0.4, 0.5) is 11.4 Å². The zero-order chi connectivity index (χ0) is 15.1. The number of nitro benzene ring substituents is 1. The lowest BCUT2D eigenvalue weighted by atomic mass is 10.2. The SMILES string of the molecule is COC(=O)/C(C#N)=C\Nc1ccc([N+](=O)[O-])cc1OC. The van der Waals surface area contributed by atoms with Crippen LogP contribution in [0.1, 0.15) is 0 Å². The summed E-state index contributed by atoms with van der Waals surface area (Å²) in [7, 11) is 2.50. The molecule has 0 saturated carbocycles. The van der Waals surface area contributed by atoms with E-state index in [2.05, 4.69) is 10.1 Å². The van der Waals surface area contributed by atoms with Crippen molar-refractivity contribution < 1.29 is 19.2 Å². The van der Waals surface area contributed by atoms with E-state index in [9.17, 15) is 14.9 Å². The van der Waals surface area contributed by atoms with Crippen LogP contribution in [0.5, 0.6) is 5.75 Å². The minimum atomic E-state index is -0.791. The van der Waals surface area contributed by atoms with Crippen LogP contribution >= 0.6 is 0 Å². The Balaban J connectivity index is 3.04. The quantitative estimate of drug-likeness (QED) is 0.286. The summed E-state index contributed by atoms with van der Waals surface area (Å²) in [4.78, 5) is 21.3. The van der Waals surface area contributed by atoms with Crippen molar-refractivity contribution in [2.45, 2.75) is 0 Å². The number of ether oxygens (including phenoxy) is 2. The van der Waals surface area contributed by atoms with E-state index in [1.165, 1.54) is 25.3 Å². The van der Waals surface area contributed by atoms with Crippen LogP contribution in [0.2, 0.25) is 0 Å². The van der Waals surface area contributed by atoms with Crippen molar-refractivity contribution in [1.29, 1.82) is 5.26 Å². The third kappa shape index (κ3) is 3.46. The second-order valence-electron chi connectivity index (χ2n) is 3.45. The lowest BCUT2D eigenvalue weighted by molar-refractivity contribution is -0.384. The fourth-order valence-electron chi connectivity index (χ4n) is 1.31. The molecule has 0 radical (unpaired) electrons. The maximum atomic E-state index is 11.2. The van der Waals surface area contributed by atoms with Gasteiger partial charge in [-0.1, -0.05) is 0 Å². The van der Waals surface area contributed by atoms with Crippen molar-refractivity contribution in [1.82, 2.24) is 0 Å². The predicted octanol–water partition coefficient (Wildman–Crippen LogP) is 1.60. The summed E-state index contributed by atoms with van der Waals surface area (Å²) >= 11 is 0. The van der Waals surface area contributed by atoms with Crippen LogP contribution < -0.4 is 10.1 Å². The number of non-ortho nitro benzene ring substituents is 1. The van der Waals surface area contributed by atoms with Crippen LogP contribution in [-0.4, -0.2) is 25.1 Å². The molecule has 0 aliphatic rings. The van der Waals surface area contributed by atoms with E-state index in [0.29, 0.717) is 5.69 Å². The van der Waals surface area contributed by atoms with E-state index < -0.39 is 10.9 Å². The number of rotatable bonds is 5. The molecule has 0 unspecified atom stereocenters. The first kappa shape index (κ1) is 15.0. The van der Waals surface area contributed by atoms with Crippen LogP contribution in [0.25, 0.3) is 0 Å². The minimum absolute atomic E-state index is 0.134. The highest BCUT2D eigenvalue weighted by Gasteiger charge is 2.12. The highest BCUT2D eigenvalue weighted by atomic mass is 16.6. The zero-order valence-corrected chi connectivity index (χ0v) is 10.7. The fraction of sp³-hybridized carbons (Fsp3) is 0.167. The van der Waals surface area contributed by atoms with E-state index in [4.69, 9.17) is 10.00 Å². The molecule has 0 amide bonds. The molecular formula is C12H11N3O5. The van der Waals surface area contributed by atoms with Gasteiger partial charge in [-0.25, -0.2) is 4.79 Å². The molecule has 0 heterocycles. The highest BCUT2D eigenvalue weighted by molar-refractivity contribution is 5.93. The number of nitro groups is 1. The Morgan fingerprint density at radius 1 is 1.50 bits per heavy atom. The summed E-state index contributed by atoms with van der Waals surface area (Å²) in [5.74, 6) is -0.585. The Morgan fingerprint density at radius 3 is 2.70 bits per heavy atom. The summed E-state index contributed by atoms with van der Waals surface area (Å²) in [5.41, 5.74) is -0.00693. The molecule has 1 aromatic carbocycles. The lowest BCUT2D eigenvalue weighted by Gasteiger charge is -2.08. The van der Waals surface area contributed by atoms with Gasteiger partial charge in [0, 0.05) is 12.3 Å². The molecule has 104 valence electrons. The van der Waals surface area contributed by atoms with Crippen molar-refractivity contribution in [2.75, 3.05) is 19.5 Å². The maximum absolute atomic E-state index is 11.2. The Kier molecular flexibility index (Phi) is 5.05. The fourth-order valence-corrected chi connectivity index (χ4v) is 1.31. The van der Waals surface area contributed by atoms with Gasteiger partial charge in [-0.2, -0.15) is 5.26 Å². The molecule has 0 bridgehead atoms. The number of carbonyl (C=O) groups is 1. The summed E-state index contributed by atoms with van der Waals surface area (Å²) in [6.07, 6.45) is 1.13. The average molecular weight is 277 g/mol. The van der Waals surface area contributed by atoms with Gasteiger partial charge in [-0.3, -0.25) is 10.1 Å². The molecule has 0 aliphatic carbocycles. The first-order valence-electron chi connectivity index (χ1n) is 5.31. The van der Waals surface area contributed by atoms with Crippen molar-refractivity contribution >= 4 is 17.3 Å². The number of nitrogens with one attached hydrogen (secondary N) is 1. The van der Waals surface area contributed by atoms with E-state index in [1.807, 2.05) is 0 Å². The molecule has 20 heavy (non-hydrogen) atoms. The number of hydrogen-bond donors (Lipinski definition) is 1. The number of carbonyl (C=O) groups excluding carboxylic acids is 1. The second kappa shape index (κ2) is 6.75. The molecule has 0 aromatic heterocycles. The molecule has 1 rings (SSSR count). The van der Waals surface area contributed by atoms with E-state index >= 15 is 0 Å². The van der Waals surface area contributed by atoms with Crippen LogP contribution in [-0.2, 0) is 9.53 Å². The van der Waals surface area contributed by atoms with Crippen LogP contribution in [0, 0.1) is 21.4 Å². The van der Waals surface area contributed by atoms with Gasteiger partial charge in [-0.05, 0) is 6.07 Å². The minimum Gasteiger partial charge on any atom is -0.494 e. The van der Waals surface area contributed by atoms with Gasteiger partial charge in [0.1, 0.15) is 11.8 Å². The lowest BCUT2D eigenvalue weighted by Crippen LogP contribution is -2.05. The standard InChI is InChI=1S/C12H11N3O5/c1-19-11-5-9(15(17)18)3-4-10(11)14-7-8(6-13)12(16)20-2/h3-5,7,14H,1-2H3/b8-7-. The van der Waals surface area contributed by atoms with Crippen LogP contribution in [0.3, 0.4) is 0 Å². The van der Waals surface area contributed by atoms with Crippen molar-refractivity contribution in [3.63, 3.8) is 0 Å². The number of nitrogens with zero attached hydrogens (tertiary/aromatic N) is 2. The number of benzene rings is 1. The highest BCUT2D eigenvalue weighted by Crippen LogP contribution is 2.29. The largest absolute Gasteiger partial charge is 0.494 e. The monoisotopic (exact) mass is 277 g/mol. The zero-order valence-electron chi connectivity index (χ0n) is 10.7. The average Bonchev–Trinajstić information content (AvgIpc) is 2.47. The molecule has 0 fully saturated rings. The molecule has 0 atom stereocenters. The van der Waals surface area contributed by atoms with Gasteiger partial charge < -0.3 is 14.8 Å². The Bertz CT molecular complexity index is 604. The first-order valence-corrected chi connectivity index (χ1v) is 5.31. The van der Waals surface area contributed by atoms with Crippen LogP contribution in [0.15, 0.2) is 30.0 Å². The Morgan fingerprint density at radius 2 is 2.20 bits per heavy atom. The van der Waals surface area contributed by atoms with E-state index in [-0.39, 0.29) is 17.0 Å². The molecule has 0 saturated heterocycles. The van der Waals surface area contributed by atoms with Gasteiger partial charge in [0.15, 0.2) is 5.57 Å². The first-order chi connectivity index (χ1) is 9.53. The topological polar surface area (TPSA) is 114 Å². The molecule has 1 N–H and O–H groups in total. The third-order valence-electron chi connectivity index (χ3n) is 2.29. The summed E-state index contributed by atoms with van der Waals surface area (Å²) in [6.45, 7) is 0. The molecule has 0 aliphatic heterocycles. The number of anilines is 1. The second-order valence-corrected chi connectivity index (χ2v) is 3.45. The van der Waals surface area contributed by atoms with Gasteiger partial charge in [0.2, 0.25) is 0 Å². The summed E-state index contributed by atoms with van der Waals surface area (Å²) in [6, 6.07) is 5.56. The van der Waals surface area contributed by atoms with Gasteiger partial charge in [0.25, 0.3) is 5.69 Å². The number of hydrogen-bond acceptors (Lipinski definition) is 7. The van der Waals surface area contributed by atoms with Gasteiger partial charge in [0.05, 0.1) is 30.9 Å². The third-order valence-corrected chi connectivity index (χ3v) is 2.29. The molecule has 1 aromatic rings. The number of esters is 1. The van der Waals surface area contributed by atoms with Crippen molar-refractivity contribution in [3.8, 4) is 11.8 Å². The van der Waals surface area contributed by atoms with E-state index in [1.54, 1.807) is 6.07 Å². The van der Waals surface area contributed by atoms with Gasteiger partial charge in [-0.15, -0.1) is 0 Å². The molecular weight excluding hydrogens is 266 g/mol. The summed E-state index contributed by atoms with van der Waals surface area (Å²) in [5, 5.41) is 22.1. The smallest absolute Gasteiger partial charge is 0.350 e. The van der Waals surface area contributed by atoms with Gasteiger partial charge >= 0.3 is 5.97 Å². The number of methoxy groups -OCH3 is 2. The predicted molar refractivity (Wildman–Crippen MR) is 69.0 cm³/mol. The summed E-state index contributed by atoms with van der Waals surface area (Å²) < 4.78 is 9.40. The van der Waals surface area contributed by atoms with Crippen molar-refractivity contribution in [3.05, 3.63) is 40.1 Å². The Labute approximate surface area is 114 Å². The van der Waals surface area contributed by atoms with Crippen molar-refractivity contribution in [2.24, 2.45) is 0 Å². The molecule has 8 heteroatoms. The number of nitriles is 1. The molecule has 8 nitrogen and oxygen atoms in total. The molecule has 0 spiro atoms. The normalized spacial score (nSPS) is 10.3. The van der Waals surface area contributed by atoms with E-state index in [0.717, 1.165) is 13.3 Å². The Hall–Kier alpha value is -3.08. The maximum Gasteiger partial charge on any atom is 0.350 e.